The Hall–Kier alpha value is -2.14. The van der Waals surface area contributed by atoms with Gasteiger partial charge in [0, 0.05) is 0 Å². The number of unbranched alkanes of at least 4 members (excludes halogenated alkanes) is 4. The number of allylic oxidation sites excluding steroid dienone is 1. The SMILES string of the molecule is C=CCCCCCC[C@H](NC(=O)COCc1ccccc1)C(N)=O. The van der Waals surface area contributed by atoms with Crippen molar-refractivity contribution in [3.63, 3.8) is 0 Å². The molecule has 0 bridgehead atoms. The van der Waals surface area contributed by atoms with Gasteiger partial charge < -0.3 is 15.8 Å². The number of nitrogens with two attached hydrogens (primary N) is 1. The van der Waals surface area contributed by atoms with Gasteiger partial charge in [-0.1, -0.05) is 55.7 Å². The van der Waals surface area contributed by atoms with Crippen LogP contribution in [0, 0.1) is 0 Å². The van der Waals surface area contributed by atoms with Crippen molar-refractivity contribution in [3.8, 4) is 0 Å². The summed E-state index contributed by atoms with van der Waals surface area (Å²) in [5, 5.41) is 2.65. The molecule has 0 radical (unpaired) electrons. The number of carbonyl (C=O) groups is 2. The van der Waals surface area contributed by atoms with E-state index >= 15 is 0 Å². The molecule has 0 unspecified atom stereocenters. The lowest BCUT2D eigenvalue weighted by Crippen LogP contribution is -2.45. The normalized spacial score (nSPS) is 11.7. The van der Waals surface area contributed by atoms with Crippen LogP contribution in [0.3, 0.4) is 0 Å². The largest absolute Gasteiger partial charge is 0.368 e. The number of nitrogens with one attached hydrogen (secondary N) is 1. The van der Waals surface area contributed by atoms with Crippen LogP contribution >= 0.6 is 0 Å². The standard InChI is InChI=1S/C19H28N2O3/c1-2-3-4-5-6-10-13-17(19(20)23)21-18(22)15-24-14-16-11-8-7-9-12-16/h2,7-9,11-12,17H,1,3-6,10,13-15H2,(H2,20,23)(H,21,22)/t17-/m0/s1. The minimum absolute atomic E-state index is 0.0853. The van der Waals surface area contributed by atoms with E-state index in [9.17, 15) is 9.59 Å². The third-order valence-corrected chi connectivity index (χ3v) is 3.67. The van der Waals surface area contributed by atoms with Gasteiger partial charge in [-0.25, -0.2) is 0 Å². The maximum Gasteiger partial charge on any atom is 0.246 e. The molecule has 1 rings (SSSR count). The van der Waals surface area contributed by atoms with Crippen LogP contribution in [0.5, 0.6) is 0 Å². The zero-order valence-electron chi connectivity index (χ0n) is 14.2. The van der Waals surface area contributed by atoms with Gasteiger partial charge in [0.05, 0.1) is 6.61 Å². The van der Waals surface area contributed by atoms with E-state index in [2.05, 4.69) is 11.9 Å². The average molecular weight is 332 g/mol. The third-order valence-electron chi connectivity index (χ3n) is 3.67. The summed E-state index contributed by atoms with van der Waals surface area (Å²) < 4.78 is 5.36. The lowest BCUT2D eigenvalue weighted by Gasteiger charge is -2.15. The summed E-state index contributed by atoms with van der Waals surface area (Å²) in [6.45, 7) is 3.96. The Labute approximate surface area is 144 Å². The first kappa shape index (κ1) is 19.9. The molecule has 2 amide bonds. The van der Waals surface area contributed by atoms with Crippen molar-refractivity contribution < 1.29 is 14.3 Å². The highest BCUT2D eigenvalue weighted by Gasteiger charge is 2.17. The second kappa shape index (κ2) is 12.3. The number of hydrogen-bond acceptors (Lipinski definition) is 3. The van der Waals surface area contributed by atoms with E-state index in [-0.39, 0.29) is 12.5 Å². The van der Waals surface area contributed by atoms with E-state index in [0.29, 0.717) is 13.0 Å². The maximum absolute atomic E-state index is 11.9. The molecule has 0 aliphatic rings. The molecular weight excluding hydrogens is 304 g/mol. The minimum atomic E-state index is -0.628. The van der Waals surface area contributed by atoms with Gasteiger partial charge in [0.15, 0.2) is 0 Å². The molecule has 0 aromatic heterocycles. The van der Waals surface area contributed by atoms with Crippen molar-refractivity contribution in [2.75, 3.05) is 6.61 Å². The molecule has 24 heavy (non-hydrogen) atoms. The lowest BCUT2D eigenvalue weighted by molar-refractivity contribution is -0.130. The number of benzene rings is 1. The van der Waals surface area contributed by atoms with E-state index in [1.807, 2.05) is 36.4 Å². The average Bonchev–Trinajstić information content (AvgIpc) is 2.57. The van der Waals surface area contributed by atoms with Crippen molar-refractivity contribution in [1.29, 1.82) is 0 Å². The third kappa shape index (κ3) is 9.10. The van der Waals surface area contributed by atoms with Gasteiger partial charge in [-0.05, 0) is 24.8 Å². The van der Waals surface area contributed by atoms with Gasteiger partial charge in [0.1, 0.15) is 12.6 Å². The second-order valence-electron chi connectivity index (χ2n) is 5.78. The fourth-order valence-electron chi connectivity index (χ4n) is 2.35. The van der Waals surface area contributed by atoms with Crippen LogP contribution in [0.2, 0.25) is 0 Å². The van der Waals surface area contributed by atoms with Crippen LogP contribution in [0.4, 0.5) is 0 Å². The molecule has 1 aromatic carbocycles. The zero-order chi connectivity index (χ0) is 17.6. The molecule has 1 atom stereocenters. The summed E-state index contributed by atoms with van der Waals surface area (Å²) in [7, 11) is 0. The van der Waals surface area contributed by atoms with E-state index in [1.165, 1.54) is 0 Å². The highest BCUT2D eigenvalue weighted by molar-refractivity contribution is 5.86. The predicted octanol–water partition coefficient (Wildman–Crippen LogP) is 2.70. The van der Waals surface area contributed by atoms with Crippen LogP contribution in [-0.4, -0.2) is 24.5 Å². The number of amides is 2. The van der Waals surface area contributed by atoms with Gasteiger partial charge >= 0.3 is 0 Å². The zero-order valence-corrected chi connectivity index (χ0v) is 14.2. The molecular formula is C19H28N2O3. The van der Waals surface area contributed by atoms with Crippen LogP contribution in [0.15, 0.2) is 43.0 Å². The van der Waals surface area contributed by atoms with Crippen molar-refractivity contribution in [2.24, 2.45) is 5.73 Å². The van der Waals surface area contributed by atoms with Crippen molar-refractivity contribution in [1.82, 2.24) is 5.32 Å². The van der Waals surface area contributed by atoms with Crippen molar-refractivity contribution >= 4 is 11.8 Å². The van der Waals surface area contributed by atoms with Gasteiger partial charge in [-0.3, -0.25) is 9.59 Å². The van der Waals surface area contributed by atoms with E-state index < -0.39 is 11.9 Å². The van der Waals surface area contributed by atoms with E-state index in [4.69, 9.17) is 10.5 Å². The number of primary amides is 1. The molecule has 0 heterocycles. The summed E-state index contributed by atoms with van der Waals surface area (Å²) in [6, 6.07) is 8.98. The summed E-state index contributed by atoms with van der Waals surface area (Å²) in [5.74, 6) is -0.820. The first-order valence-electron chi connectivity index (χ1n) is 8.44. The lowest BCUT2D eigenvalue weighted by atomic mass is 10.1. The Morgan fingerprint density at radius 1 is 1.17 bits per heavy atom. The van der Waals surface area contributed by atoms with Gasteiger partial charge in [0.25, 0.3) is 0 Å². The molecule has 0 saturated heterocycles. The summed E-state index contributed by atoms with van der Waals surface area (Å²) in [6.07, 6.45) is 7.54. The fraction of sp³-hybridized carbons (Fsp3) is 0.474. The van der Waals surface area contributed by atoms with Crippen molar-refractivity contribution in [3.05, 3.63) is 48.6 Å². The summed E-state index contributed by atoms with van der Waals surface area (Å²) in [4.78, 5) is 23.3. The summed E-state index contributed by atoms with van der Waals surface area (Å²) >= 11 is 0. The topological polar surface area (TPSA) is 81.4 Å². The first-order valence-corrected chi connectivity index (χ1v) is 8.44. The molecule has 5 heteroatoms. The molecule has 1 aromatic rings. The number of rotatable bonds is 13. The molecule has 132 valence electrons. The molecule has 0 saturated carbocycles. The Balaban J connectivity index is 2.22. The van der Waals surface area contributed by atoms with Crippen molar-refractivity contribution in [2.45, 2.75) is 51.2 Å². The number of ether oxygens (including phenoxy) is 1. The van der Waals surface area contributed by atoms with Gasteiger partial charge in [0.2, 0.25) is 11.8 Å². The van der Waals surface area contributed by atoms with E-state index in [0.717, 1.165) is 37.7 Å². The fourth-order valence-corrected chi connectivity index (χ4v) is 2.35. The minimum Gasteiger partial charge on any atom is -0.368 e. The highest BCUT2D eigenvalue weighted by Crippen LogP contribution is 2.08. The first-order chi connectivity index (χ1) is 11.6. The van der Waals surface area contributed by atoms with Crippen LogP contribution in [-0.2, 0) is 20.9 Å². The molecule has 0 spiro atoms. The van der Waals surface area contributed by atoms with Gasteiger partial charge in [-0.15, -0.1) is 6.58 Å². The quantitative estimate of drug-likeness (QED) is 0.430. The number of hydrogen-bond donors (Lipinski definition) is 2. The Morgan fingerprint density at radius 2 is 1.88 bits per heavy atom. The second-order valence-corrected chi connectivity index (χ2v) is 5.78. The molecule has 0 fully saturated rings. The molecule has 3 N–H and O–H groups in total. The molecule has 0 aliphatic heterocycles. The maximum atomic E-state index is 11.9. The Morgan fingerprint density at radius 3 is 2.54 bits per heavy atom. The molecule has 5 nitrogen and oxygen atoms in total. The van der Waals surface area contributed by atoms with E-state index in [1.54, 1.807) is 0 Å². The Kier molecular flexibility index (Phi) is 10.2. The monoisotopic (exact) mass is 332 g/mol. The summed E-state index contributed by atoms with van der Waals surface area (Å²) in [5.41, 5.74) is 6.36. The van der Waals surface area contributed by atoms with Gasteiger partial charge in [-0.2, -0.15) is 0 Å². The highest BCUT2D eigenvalue weighted by atomic mass is 16.5. The van der Waals surface area contributed by atoms with Crippen LogP contribution in [0.25, 0.3) is 0 Å². The predicted molar refractivity (Wildman–Crippen MR) is 95.1 cm³/mol. The Bertz CT molecular complexity index is 503. The number of carbonyl (C=O) groups excluding carboxylic acids is 2. The smallest absolute Gasteiger partial charge is 0.246 e. The van der Waals surface area contributed by atoms with Crippen LogP contribution in [0.1, 0.15) is 44.1 Å². The molecule has 0 aliphatic carbocycles. The van der Waals surface area contributed by atoms with Crippen LogP contribution < -0.4 is 11.1 Å².